The van der Waals surface area contributed by atoms with Crippen molar-refractivity contribution < 1.29 is 9.15 Å². The summed E-state index contributed by atoms with van der Waals surface area (Å²) in [5.41, 5.74) is 0.896. The van der Waals surface area contributed by atoms with Crippen molar-refractivity contribution in [2.24, 2.45) is 4.99 Å². The Hall–Kier alpha value is -2.21. The number of nitrogens with zero attached hydrogens (tertiary/aromatic N) is 2. The predicted octanol–water partition coefficient (Wildman–Crippen LogP) is 3.86. The highest BCUT2D eigenvalue weighted by Gasteiger charge is 2.12. The molecular formula is C19H27ClN4O2. The van der Waals surface area contributed by atoms with Crippen molar-refractivity contribution in [1.29, 1.82) is 0 Å². The molecule has 6 nitrogen and oxygen atoms in total. The summed E-state index contributed by atoms with van der Waals surface area (Å²) >= 11 is 6.17. The highest BCUT2D eigenvalue weighted by Crippen LogP contribution is 2.24. The zero-order valence-electron chi connectivity index (χ0n) is 15.8. The highest BCUT2D eigenvalue weighted by molar-refractivity contribution is 6.32. The first kappa shape index (κ1) is 20.1. The molecule has 1 heterocycles. The van der Waals surface area contributed by atoms with Crippen molar-refractivity contribution in [2.45, 2.75) is 46.8 Å². The number of para-hydroxylation sites is 1. The number of hydrogen-bond donors (Lipinski definition) is 2. The van der Waals surface area contributed by atoms with Crippen LogP contribution in [-0.2, 0) is 6.54 Å². The van der Waals surface area contributed by atoms with Crippen molar-refractivity contribution >= 4 is 17.6 Å². The van der Waals surface area contributed by atoms with Gasteiger partial charge in [-0.25, -0.2) is 9.98 Å². The predicted molar refractivity (Wildman–Crippen MR) is 105 cm³/mol. The van der Waals surface area contributed by atoms with Gasteiger partial charge >= 0.3 is 0 Å². The van der Waals surface area contributed by atoms with Crippen LogP contribution in [0.15, 0.2) is 33.7 Å². The Balaban J connectivity index is 1.94. The second-order valence-electron chi connectivity index (χ2n) is 5.90. The lowest BCUT2D eigenvalue weighted by molar-refractivity contribution is 0.199. The van der Waals surface area contributed by atoms with E-state index in [2.05, 4.69) is 27.5 Å². The van der Waals surface area contributed by atoms with Gasteiger partial charge in [-0.3, -0.25) is 0 Å². The van der Waals surface area contributed by atoms with E-state index in [9.17, 15) is 0 Å². The number of ether oxygens (including phenoxy) is 1. The third kappa shape index (κ3) is 5.95. The summed E-state index contributed by atoms with van der Waals surface area (Å²) in [6, 6.07) is 7.49. The second-order valence-corrected chi connectivity index (χ2v) is 6.31. The van der Waals surface area contributed by atoms with Gasteiger partial charge < -0.3 is 19.8 Å². The number of rotatable bonds is 8. The number of guanidine groups is 1. The van der Waals surface area contributed by atoms with E-state index in [0.717, 1.165) is 24.4 Å². The maximum absolute atomic E-state index is 6.17. The first-order valence-electron chi connectivity index (χ1n) is 8.89. The summed E-state index contributed by atoms with van der Waals surface area (Å²) in [5, 5.41) is 7.13. The molecule has 0 amide bonds. The minimum absolute atomic E-state index is 0.0232. The summed E-state index contributed by atoms with van der Waals surface area (Å²) in [6.45, 7) is 9.67. The fourth-order valence-electron chi connectivity index (χ4n) is 2.29. The van der Waals surface area contributed by atoms with Crippen LogP contribution in [-0.4, -0.2) is 30.1 Å². The molecule has 0 saturated heterocycles. The standard InChI is InChI=1S/C19H27ClN4O2/c1-5-15(26-17-10-8-7-9-16(17)20)11-22-19(21-6-2)23-12-18-24-13(3)14(4)25-18/h7-10,15H,5-6,11-12H2,1-4H3,(H2,21,22,23). The molecule has 0 aliphatic carbocycles. The van der Waals surface area contributed by atoms with Gasteiger partial charge in [-0.2, -0.15) is 0 Å². The van der Waals surface area contributed by atoms with E-state index in [1.165, 1.54) is 0 Å². The SMILES string of the molecule is CCNC(=NCc1nc(C)c(C)o1)NCC(CC)Oc1ccccc1Cl. The van der Waals surface area contributed by atoms with Crippen LogP contribution in [0, 0.1) is 13.8 Å². The Kier molecular flexibility index (Phi) is 7.78. The fraction of sp³-hybridized carbons (Fsp3) is 0.474. The second kappa shape index (κ2) is 10.1. The molecule has 0 aliphatic heterocycles. The normalized spacial score (nSPS) is 12.7. The van der Waals surface area contributed by atoms with Gasteiger partial charge in [0, 0.05) is 6.54 Å². The minimum Gasteiger partial charge on any atom is -0.487 e. The molecule has 1 unspecified atom stereocenters. The number of oxazole rings is 1. The molecule has 26 heavy (non-hydrogen) atoms. The van der Waals surface area contributed by atoms with Crippen LogP contribution < -0.4 is 15.4 Å². The molecule has 142 valence electrons. The molecular weight excluding hydrogens is 352 g/mol. The van der Waals surface area contributed by atoms with E-state index in [0.29, 0.717) is 35.7 Å². The van der Waals surface area contributed by atoms with Crippen LogP contribution in [0.5, 0.6) is 5.75 Å². The monoisotopic (exact) mass is 378 g/mol. The molecule has 0 bridgehead atoms. The van der Waals surface area contributed by atoms with Crippen LogP contribution in [0.4, 0.5) is 0 Å². The molecule has 7 heteroatoms. The number of aliphatic imine (C=N–C) groups is 1. The van der Waals surface area contributed by atoms with E-state index < -0.39 is 0 Å². The van der Waals surface area contributed by atoms with Gasteiger partial charge in [-0.1, -0.05) is 30.7 Å². The molecule has 2 rings (SSSR count). The molecule has 0 fully saturated rings. The van der Waals surface area contributed by atoms with Gasteiger partial charge in [0.05, 0.1) is 17.3 Å². The minimum atomic E-state index is -0.0232. The molecule has 0 saturated carbocycles. The van der Waals surface area contributed by atoms with Gasteiger partial charge in [-0.05, 0) is 39.3 Å². The molecule has 2 N–H and O–H groups in total. The van der Waals surface area contributed by atoms with Gasteiger partial charge in [0.1, 0.15) is 24.2 Å². The van der Waals surface area contributed by atoms with E-state index in [4.69, 9.17) is 20.8 Å². The zero-order chi connectivity index (χ0) is 18.9. The average molecular weight is 379 g/mol. The molecule has 1 aromatic heterocycles. The van der Waals surface area contributed by atoms with E-state index >= 15 is 0 Å². The van der Waals surface area contributed by atoms with Crippen LogP contribution >= 0.6 is 11.6 Å². The van der Waals surface area contributed by atoms with E-state index in [1.807, 2.05) is 45.0 Å². The van der Waals surface area contributed by atoms with Gasteiger partial charge in [0.25, 0.3) is 0 Å². The van der Waals surface area contributed by atoms with Crippen molar-refractivity contribution in [3.05, 3.63) is 46.6 Å². The largest absolute Gasteiger partial charge is 0.487 e. The van der Waals surface area contributed by atoms with Crippen LogP contribution in [0.25, 0.3) is 0 Å². The summed E-state index contributed by atoms with van der Waals surface area (Å²) in [7, 11) is 0. The molecule has 0 aliphatic rings. The van der Waals surface area contributed by atoms with E-state index in [-0.39, 0.29) is 6.10 Å². The average Bonchev–Trinajstić information content (AvgIpc) is 2.95. The maximum atomic E-state index is 6.17. The first-order chi connectivity index (χ1) is 12.5. The molecule has 0 spiro atoms. The van der Waals surface area contributed by atoms with Gasteiger partial charge in [0.2, 0.25) is 5.89 Å². The highest BCUT2D eigenvalue weighted by atomic mass is 35.5. The molecule has 1 atom stereocenters. The molecule has 2 aromatic rings. The van der Waals surface area contributed by atoms with Crippen molar-refractivity contribution in [3.8, 4) is 5.75 Å². The number of aryl methyl sites for hydroxylation is 2. The Morgan fingerprint density at radius 2 is 2.04 bits per heavy atom. The van der Waals surface area contributed by atoms with Crippen LogP contribution in [0.2, 0.25) is 5.02 Å². The van der Waals surface area contributed by atoms with Crippen molar-refractivity contribution in [1.82, 2.24) is 15.6 Å². The molecule has 0 radical (unpaired) electrons. The lowest BCUT2D eigenvalue weighted by Crippen LogP contribution is -2.42. The summed E-state index contributed by atoms with van der Waals surface area (Å²) in [6.07, 6.45) is 0.820. The number of hydrogen-bond acceptors (Lipinski definition) is 4. The van der Waals surface area contributed by atoms with Crippen molar-refractivity contribution in [2.75, 3.05) is 13.1 Å². The quantitative estimate of drug-likeness (QED) is 0.539. The smallest absolute Gasteiger partial charge is 0.216 e. The van der Waals surface area contributed by atoms with Crippen LogP contribution in [0.1, 0.15) is 37.6 Å². The lowest BCUT2D eigenvalue weighted by Gasteiger charge is -2.20. The summed E-state index contributed by atoms with van der Waals surface area (Å²) < 4.78 is 11.6. The maximum Gasteiger partial charge on any atom is 0.216 e. The number of benzene rings is 1. The number of aromatic nitrogens is 1. The topological polar surface area (TPSA) is 71.7 Å². The Morgan fingerprint density at radius 1 is 1.27 bits per heavy atom. The third-order valence-corrected chi connectivity index (χ3v) is 4.18. The number of halogens is 1. The fourth-order valence-corrected chi connectivity index (χ4v) is 2.48. The Morgan fingerprint density at radius 3 is 2.65 bits per heavy atom. The van der Waals surface area contributed by atoms with Gasteiger partial charge in [0.15, 0.2) is 5.96 Å². The van der Waals surface area contributed by atoms with Crippen molar-refractivity contribution in [3.63, 3.8) is 0 Å². The Bertz CT molecular complexity index is 711. The van der Waals surface area contributed by atoms with Crippen LogP contribution in [0.3, 0.4) is 0 Å². The molecule has 1 aromatic carbocycles. The third-order valence-electron chi connectivity index (χ3n) is 3.87. The zero-order valence-corrected chi connectivity index (χ0v) is 16.6. The van der Waals surface area contributed by atoms with E-state index in [1.54, 1.807) is 0 Å². The lowest BCUT2D eigenvalue weighted by atomic mass is 10.2. The summed E-state index contributed by atoms with van der Waals surface area (Å²) in [4.78, 5) is 8.88. The number of nitrogens with one attached hydrogen (secondary N) is 2. The Labute approximate surface area is 160 Å². The van der Waals surface area contributed by atoms with Gasteiger partial charge in [-0.15, -0.1) is 0 Å². The first-order valence-corrected chi connectivity index (χ1v) is 9.27. The summed E-state index contributed by atoms with van der Waals surface area (Å²) in [5.74, 6) is 2.82.